The number of carbonyl (C=O) groups is 1. The molecule has 0 aliphatic rings. The fraction of sp³-hybridized carbons (Fsp3) is 0.250. The molecule has 0 atom stereocenters. The van der Waals surface area contributed by atoms with Crippen molar-refractivity contribution in [2.45, 2.75) is 25.7 Å². The van der Waals surface area contributed by atoms with E-state index in [1.807, 2.05) is 6.07 Å². The first kappa shape index (κ1) is 16.0. The summed E-state index contributed by atoms with van der Waals surface area (Å²) in [5.74, 6) is -0.351. The predicted octanol–water partition coefficient (Wildman–Crippen LogP) is 4.13. The number of rotatable bonds is 8. The van der Waals surface area contributed by atoms with Crippen LogP contribution >= 0.6 is 0 Å². The number of benzene rings is 2. The highest BCUT2D eigenvalue weighted by Crippen LogP contribution is 2.10. The van der Waals surface area contributed by atoms with Gasteiger partial charge >= 0.3 is 5.97 Å². The van der Waals surface area contributed by atoms with E-state index in [2.05, 4.69) is 55.1 Å². The SMILES string of the molecule is C=CC(=O)OCCCc1ccc(CCc2ccccc2)cc1. The van der Waals surface area contributed by atoms with Gasteiger partial charge in [0.05, 0.1) is 6.61 Å². The van der Waals surface area contributed by atoms with E-state index < -0.39 is 0 Å². The maximum Gasteiger partial charge on any atom is 0.330 e. The number of aryl methyl sites for hydroxylation is 3. The van der Waals surface area contributed by atoms with E-state index >= 15 is 0 Å². The molecule has 0 bridgehead atoms. The van der Waals surface area contributed by atoms with Crippen molar-refractivity contribution in [2.24, 2.45) is 0 Å². The van der Waals surface area contributed by atoms with Gasteiger partial charge in [0, 0.05) is 6.08 Å². The Bertz CT molecular complexity index is 585. The molecule has 0 aliphatic heterocycles. The first-order valence-electron chi connectivity index (χ1n) is 7.69. The van der Waals surface area contributed by atoms with E-state index in [0.717, 1.165) is 25.7 Å². The molecule has 0 radical (unpaired) electrons. The van der Waals surface area contributed by atoms with Gasteiger partial charge in [-0.3, -0.25) is 0 Å². The first-order valence-corrected chi connectivity index (χ1v) is 7.69. The molecule has 0 heterocycles. The zero-order chi connectivity index (χ0) is 15.6. The lowest BCUT2D eigenvalue weighted by atomic mass is 10.0. The van der Waals surface area contributed by atoms with Crippen LogP contribution in [0.5, 0.6) is 0 Å². The molecule has 0 amide bonds. The molecular formula is C20H22O2. The van der Waals surface area contributed by atoms with Gasteiger partial charge in [0.15, 0.2) is 0 Å². The molecule has 0 unspecified atom stereocenters. The second-order valence-corrected chi connectivity index (χ2v) is 5.28. The maximum atomic E-state index is 10.9. The summed E-state index contributed by atoms with van der Waals surface area (Å²) in [7, 11) is 0. The molecule has 22 heavy (non-hydrogen) atoms. The van der Waals surface area contributed by atoms with Gasteiger partial charge in [-0.2, -0.15) is 0 Å². The molecule has 114 valence electrons. The summed E-state index contributed by atoms with van der Waals surface area (Å²) in [6, 6.07) is 19.2. The monoisotopic (exact) mass is 294 g/mol. The van der Waals surface area contributed by atoms with Crippen LogP contribution in [0.15, 0.2) is 67.3 Å². The molecule has 0 saturated heterocycles. The number of ether oxygens (including phenoxy) is 1. The van der Waals surface area contributed by atoms with Crippen molar-refractivity contribution < 1.29 is 9.53 Å². The van der Waals surface area contributed by atoms with Gasteiger partial charge in [-0.15, -0.1) is 0 Å². The topological polar surface area (TPSA) is 26.3 Å². The molecule has 2 rings (SSSR count). The third kappa shape index (κ3) is 5.57. The highest BCUT2D eigenvalue weighted by Gasteiger charge is 1.99. The molecule has 0 aromatic heterocycles. The van der Waals surface area contributed by atoms with Crippen molar-refractivity contribution >= 4 is 5.97 Å². The summed E-state index contributed by atoms with van der Waals surface area (Å²) >= 11 is 0. The Labute approximate surface area is 132 Å². The van der Waals surface area contributed by atoms with Crippen molar-refractivity contribution in [2.75, 3.05) is 6.61 Å². The van der Waals surface area contributed by atoms with Gasteiger partial charge in [0.25, 0.3) is 0 Å². The van der Waals surface area contributed by atoms with E-state index in [-0.39, 0.29) is 5.97 Å². The van der Waals surface area contributed by atoms with Gasteiger partial charge in [0.1, 0.15) is 0 Å². The third-order valence-corrected chi connectivity index (χ3v) is 3.59. The summed E-state index contributed by atoms with van der Waals surface area (Å²) in [6.45, 7) is 3.82. The summed E-state index contributed by atoms with van der Waals surface area (Å²) in [5.41, 5.74) is 4.00. The molecule has 2 heteroatoms. The number of carbonyl (C=O) groups excluding carboxylic acids is 1. The standard InChI is InChI=1S/C20H22O2/c1-2-20(21)22-16-6-9-18-11-14-19(15-12-18)13-10-17-7-4-3-5-8-17/h2-5,7-8,11-12,14-15H,1,6,9-10,13,16H2. The Morgan fingerprint density at radius 1 is 0.864 bits per heavy atom. The largest absolute Gasteiger partial charge is 0.463 e. The van der Waals surface area contributed by atoms with Crippen LogP contribution in [0.2, 0.25) is 0 Å². The molecule has 0 spiro atoms. The van der Waals surface area contributed by atoms with Crippen molar-refractivity contribution in [1.29, 1.82) is 0 Å². The van der Waals surface area contributed by atoms with E-state index in [1.165, 1.54) is 22.8 Å². The van der Waals surface area contributed by atoms with Crippen molar-refractivity contribution in [3.05, 3.63) is 83.9 Å². The minimum atomic E-state index is -0.351. The smallest absolute Gasteiger partial charge is 0.330 e. The molecule has 2 nitrogen and oxygen atoms in total. The molecule has 2 aromatic carbocycles. The number of hydrogen-bond donors (Lipinski definition) is 0. The van der Waals surface area contributed by atoms with Gasteiger partial charge < -0.3 is 4.74 Å². The van der Waals surface area contributed by atoms with Crippen molar-refractivity contribution in [1.82, 2.24) is 0 Å². The van der Waals surface area contributed by atoms with E-state index in [0.29, 0.717) is 6.61 Å². The van der Waals surface area contributed by atoms with Gasteiger partial charge in [0.2, 0.25) is 0 Å². The molecule has 0 fully saturated rings. The Morgan fingerprint density at radius 3 is 2.00 bits per heavy atom. The Balaban J connectivity index is 1.73. The lowest BCUT2D eigenvalue weighted by molar-refractivity contribution is -0.137. The number of esters is 1. The minimum absolute atomic E-state index is 0.351. The Kier molecular flexibility index (Phi) is 6.43. The van der Waals surface area contributed by atoms with Crippen LogP contribution in [0.3, 0.4) is 0 Å². The average molecular weight is 294 g/mol. The van der Waals surface area contributed by atoms with E-state index in [1.54, 1.807) is 0 Å². The average Bonchev–Trinajstić information content (AvgIpc) is 2.58. The van der Waals surface area contributed by atoms with Crippen LogP contribution < -0.4 is 0 Å². The van der Waals surface area contributed by atoms with Crippen LogP contribution in [0.25, 0.3) is 0 Å². The summed E-state index contributed by atoms with van der Waals surface area (Å²) in [5, 5.41) is 0. The van der Waals surface area contributed by atoms with Crippen LogP contribution in [0.1, 0.15) is 23.1 Å². The molecule has 0 saturated carbocycles. The van der Waals surface area contributed by atoms with Crippen LogP contribution in [-0.4, -0.2) is 12.6 Å². The van der Waals surface area contributed by atoms with Crippen molar-refractivity contribution in [3.63, 3.8) is 0 Å². The van der Waals surface area contributed by atoms with Gasteiger partial charge in [-0.25, -0.2) is 4.79 Å². The Hall–Kier alpha value is -2.35. The highest BCUT2D eigenvalue weighted by molar-refractivity contribution is 5.81. The fourth-order valence-corrected chi connectivity index (χ4v) is 2.31. The lowest BCUT2D eigenvalue weighted by Crippen LogP contribution is -2.02. The zero-order valence-corrected chi connectivity index (χ0v) is 12.8. The molecule has 0 N–H and O–H groups in total. The van der Waals surface area contributed by atoms with Crippen LogP contribution in [0.4, 0.5) is 0 Å². The molecule has 2 aromatic rings. The number of hydrogen-bond acceptors (Lipinski definition) is 2. The summed E-state index contributed by atoms with van der Waals surface area (Å²) < 4.78 is 4.97. The third-order valence-electron chi connectivity index (χ3n) is 3.59. The van der Waals surface area contributed by atoms with Gasteiger partial charge in [-0.05, 0) is 42.4 Å². The lowest BCUT2D eigenvalue weighted by Gasteiger charge is -2.05. The Morgan fingerprint density at radius 2 is 1.41 bits per heavy atom. The second kappa shape index (κ2) is 8.83. The minimum Gasteiger partial charge on any atom is -0.463 e. The van der Waals surface area contributed by atoms with E-state index in [4.69, 9.17) is 4.74 Å². The quantitative estimate of drug-likeness (QED) is 0.415. The van der Waals surface area contributed by atoms with E-state index in [9.17, 15) is 4.79 Å². The first-order chi connectivity index (χ1) is 10.8. The van der Waals surface area contributed by atoms with Crippen molar-refractivity contribution in [3.8, 4) is 0 Å². The maximum absolute atomic E-state index is 10.9. The predicted molar refractivity (Wildman–Crippen MR) is 89.8 cm³/mol. The summed E-state index contributed by atoms with van der Waals surface area (Å²) in [6.07, 6.45) is 5.08. The van der Waals surface area contributed by atoms with Crippen LogP contribution in [-0.2, 0) is 28.8 Å². The molecule has 0 aliphatic carbocycles. The van der Waals surface area contributed by atoms with Gasteiger partial charge in [-0.1, -0.05) is 61.2 Å². The highest BCUT2D eigenvalue weighted by atomic mass is 16.5. The fourth-order valence-electron chi connectivity index (χ4n) is 2.31. The normalized spacial score (nSPS) is 10.2. The second-order valence-electron chi connectivity index (χ2n) is 5.28. The zero-order valence-electron chi connectivity index (χ0n) is 12.8. The summed E-state index contributed by atoms with van der Waals surface area (Å²) in [4.78, 5) is 10.9. The van der Waals surface area contributed by atoms with Crippen LogP contribution in [0, 0.1) is 0 Å². The molecular weight excluding hydrogens is 272 g/mol.